The summed E-state index contributed by atoms with van der Waals surface area (Å²) in [5.74, 6) is -0.176. The third-order valence-electron chi connectivity index (χ3n) is 1.67. The van der Waals surface area contributed by atoms with Crippen LogP contribution in [0.25, 0.3) is 0 Å². The monoisotopic (exact) mass is 188 g/mol. The maximum Gasteiger partial charge on any atom is 0.123 e. The first-order valence-corrected chi connectivity index (χ1v) is 6.63. The molecule has 1 aromatic carbocycles. The predicted octanol–water partition coefficient (Wildman–Crippen LogP) is 1.67. The summed E-state index contributed by atoms with van der Waals surface area (Å²) in [5, 5.41) is 1.22. The summed E-state index contributed by atoms with van der Waals surface area (Å²) in [4.78, 5) is 0. The highest BCUT2D eigenvalue weighted by atomic mass is 35.5. The highest BCUT2D eigenvalue weighted by molar-refractivity contribution is 6.77. The molecule has 0 aromatic heterocycles. The average molecular weight is 189 g/mol. The highest BCUT2D eigenvalue weighted by Crippen LogP contribution is 1.95. The minimum absolute atomic E-state index is 0.176. The lowest BCUT2D eigenvalue weighted by molar-refractivity contribution is 0.628. The molecule has 1 aromatic rings. The van der Waals surface area contributed by atoms with Crippen LogP contribution < -0.4 is 5.19 Å². The summed E-state index contributed by atoms with van der Waals surface area (Å²) in [6.45, 7) is 2.15. The summed E-state index contributed by atoms with van der Waals surface area (Å²) in [5.41, 5.74) is 0.714. The fraction of sp³-hybridized carbons (Fsp3) is 0.250. The lowest BCUT2D eigenvalue weighted by Gasteiger charge is -2.04. The van der Waals surface area contributed by atoms with Crippen molar-refractivity contribution in [3.05, 3.63) is 30.1 Å². The summed E-state index contributed by atoms with van der Waals surface area (Å²) in [6.07, 6.45) is 0. The van der Waals surface area contributed by atoms with Gasteiger partial charge in [-0.2, -0.15) is 0 Å². The van der Waals surface area contributed by atoms with Crippen molar-refractivity contribution < 1.29 is 4.39 Å². The van der Waals surface area contributed by atoms with E-state index in [-0.39, 0.29) is 5.82 Å². The molecule has 3 heteroatoms. The van der Waals surface area contributed by atoms with Crippen LogP contribution in [-0.2, 0) is 0 Å². The molecular formula is C8H10ClFSi. The predicted molar refractivity (Wildman–Crippen MR) is 49.8 cm³/mol. The quantitative estimate of drug-likeness (QED) is 0.490. The van der Waals surface area contributed by atoms with Gasteiger partial charge in [-0.3, -0.25) is 0 Å². The van der Waals surface area contributed by atoms with Gasteiger partial charge < -0.3 is 0 Å². The molecule has 1 unspecified atom stereocenters. The number of alkyl halides is 1. The Morgan fingerprint density at radius 1 is 1.36 bits per heavy atom. The van der Waals surface area contributed by atoms with Crippen LogP contribution >= 0.6 is 11.6 Å². The van der Waals surface area contributed by atoms with Crippen molar-refractivity contribution in [2.75, 3.05) is 5.50 Å². The van der Waals surface area contributed by atoms with Crippen LogP contribution in [0.5, 0.6) is 0 Å². The second-order valence-electron chi connectivity index (χ2n) is 2.61. The summed E-state index contributed by atoms with van der Waals surface area (Å²) >= 11 is 5.69. The van der Waals surface area contributed by atoms with Crippen LogP contribution in [0.3, 0.4) is 0 Å². The molecule has 0 heterocycles. The van der Waals surface area contributed by atoms with Crippen molar-refractivity contribution >= 4 is 25.6 Å². The number of hydrogen-bond acceptors (Lipinski definition) is 0. The summed E-state index contributed by atoms with van der Waals surface area (Å²) in [7, 11) is -0.961. The summed E-state index contributed by atoms with van der Waals surface area (Å²) in [6, 6.07) is 6.64. The van der Waals surface area contributed by atoms with E-state index in [1.54, 1.807) is 0 Å². The Bertz CT molecular complexity index is 222. The Morgan fingerprint density at radius 2 is 1.91 bits per heavy atom. The number of halogens is 2. The molecule has 0 saturated heterocycles. The van der Waals surface area contributed by atoms with Crippen LogP contribution in [0, 0.1) is 5.82 Å². The number of rotatable bonds is 2. The van der Waals surface area contributed by atoms with Crippen molar-refractivity contribution in [3.8, 4) is 0 Å². The average Bonchev–Trinajstić information content (AvgIpc) is 2.05. The van der Waals surface area contributed by atoms with Gasteiger partial charge >= 0.3 is 0 Å². The molecule has 0 saturated carbocycles. The molecule has 0 amide bonds. The first kappa shape index (κ1) is 8.75. The topological polar surface area (TPSA) is 0 Å². The van der Waals surface area contributed by atoms with E-state index in [9.17, 15) is 4.39 Å². The van der Waals surface area contributed by atoms with Gasteiger partial charge in [-0.1, -0.05) is 23.9 Å². The van der Waals surface area contributed by atoms with Crippen LogP contribution in [0.15, 0.2) is 24.3 Å². The maximum absolute atomic E-state index is 12.4. The third-order valence-corrected chi connectivity index (χ3v) is 5.05. The molecule has 0 nitrogen and oxygen atoms in total. The molecule has 0 spiro atoms. The van der Waals surface area contributed by atoms with Gasteiger partial charge in [0, 0.05) is 5.50 Å². The van der Waals surface area contributed by atoms with E-state index >= 15 is 0 Å². The van der Waals surface area contributed by atoms with Crippen LogP contribution in [0.4, 0.5) is 4.39 Å². The first-order valence-electron chi connectivity index (χ1n) is 3.55. The number of hydrogen-bond donors (Lipinski definition) is 0. The van der Waals surface area contributed by atoms with Gasteiger partial charge in [-0.05, 0) is 12.1 Å². The second-order valence-corrected chi connectivity index (χ2v) is 6.31. The van der Waals surface area contributed by atoms with Gasteiger partial charge in [0.05, 0.1) is 8.80 Å². The molecular weight excluding hydrogens is 179 g/mol. The van der Waals surface area contributed by atoms with Crippen molar-refractivity contribution in [1.82, 2.24) is 0 Å². The zero-order valence-corrected chi connectivity index (χ0v) is 8.26. The lowest BCUT2D eigenvalue weighted by atomic mass is 10.3. The smallest absolute Gasteiger partial charge is 0.123 e. The highest BCUT2D eigenvalue weighted by Gasteiger charge is 2.04. The van der Waals surface area contributed by atoms with Crippen LogP contribution in [-0.4, -0.2) is 14.3 Å². The van der Waals surface area contributed by atoms with Gasteiger partial charge in [-0.25, -0.2) is 4.39 Å². The van der Waals surface area contributed by atoms with Crippen molar-refractivity contribution in [1.29, 1.82) is 0 Å². The molecule has 11 heavy (non-hydrogen) atoms. The molecule has 60 valence electrons. The van der Waals surface area contributed by atoms with E-state index in [2.05, 4.69) is 6.55 Å². The Labute approximate surface area is 72.6 Å². The zero-order chi connectivity index (χ0) is 8.27. The van der Waals surface area contributed by atoms with E-state index in [1.807, 2.05) is 12.1 Å². The molecule has 0 fully saturated rings. The molecule has 0 aliphatic carbocycles. The third kappa shape index (κ3) is 2.31. The molecule has 1 atom stereocenters. The van der Waals surface area contributed by atoms with Crippen molar-refractivity contribution in [2.45, 2.75) is 6.55 Å². The normalized spacial score (nSPS) is 13.0. The SMILES string of the molecule is C[SiH](CCl)c1ccc(F)cc1. The van der Waals surface area contributed by atoms with Gasteiger partial charge in [0.25, 0.3) is 0 Å². The Hall–Kier alpha value is -0.343. The minimum Gasteiger partial charge on any atom is -0.207 e. The molecule has 0 aliphatic rings. The largest absolute Gasteiger partial charge is 0.207 e. The Kier molecular flexibility index (Phi) is 3.09. The van der Waals surface area contributed by atoms with E-state index in [0.29, 0.717) is 5.50 Å². The minimum atomic E-state index is -0.961. The van der Waals surface area contributed by atoms with Gasteiger partial charge in [0.1, 0.15) is 5.82 Å². The lowest BCUT2D eigenvalue weighted by Crippen LogP contribution is -2.28. The maximum atomic E-state index is 12.4. The fourth-order valence-electron chi connectivity index (χ4n) is 0.880. The van der Waals surface area contributed by atoms with Gasteiger partial charge in [0.15, 0.2) is 0 Å². The van der Waals surface area contributed by atoms with E-state index in [1.165, 1.54) is 17.3 Å². The van der Waals surface area contributed by atoms with E-state index < -0.39 is 8.80 Å². The standard InChI is InChI=1S/C8H10ClFSi/c1-11(6-9)8-4-2-7(10)3-5-8/h2-5,11H,6H2,1H3. The van der Waals surface area contributed by atoms with Crippen LogP contribution in [0.2, 0.25) is 6.55 Å². The zero-order valence-electron chi connectivity index (χ0n) is 6.35. The van der Waals surface area contributed by atoms with E-state index in [4.69, 9.17) is 11.6 Å². The Morgan fingerprint density at radius 3 is 2.36 bits per heavy atom. The van der Waals surface area contributed by atoms with Gasteiger partial charge in [0.2, 0.25) is 0 Å². The van der Waals surface area contributed by atoms with Crippen LogP contribution in [0.1, 0.15) is 0 Å². The van der Waals surface area contributed by atoms with Crippen molar-refractivity contribution in [3.63, 3.8) is 0 Å². The van der Waals surface area contributed by atoms with Gasteiger partial charge in [-0.15, -0.1) is 11.6 Å². The van der Waals surface area contributed by atoms with Crippen molar-refractivity contribution in [2.24, 2.45) is 0 Å². The molecule has 0 aliphatic heterocycles. The summed E-state index contributed by atoms with van der Waals surface area (Å²) < 4.78 is 12.4. The van der Waals surface area contributed by atoms with E-state index in [0.717, 1.165) is 0 Å². The first-order chi connectivity index (χ1) is 5.24. The number of benzene rings is 1. The molecule has 0 radical (unpaired) electrons. The molecule has 0 bridgehead atoms. The molecule has 1 rings (SSSR count). The molecule has 0 N–H and O–H groups in total. The fourth-order valence-corrected chi connectivity index (χ4v) is 2.44. The second kappa shape index (κ2) is 3.88. The Balaban J connectivity index is 2.81.